The molecule has 0 aliphatic carbocycles. The van der Waals surface area contributed by atoms with Crippen molar-refractivity contribution in [2.24, 2.45) is 0 Å². The van der Waals surface area contributed by atoms with Crippen molar-refractivity contribution in [3.05, 3.63) is 53.2 Å². The second-order valence-electron chi connectivity index (χ2n) is 8.48. The van der Waals surface area contributed by atoms with E-state index < -0.39 is 0 Å². The number of anilines is 1. The Morgan fingerprint density at radius 1 is 1.21 bits per heavy atom. The van der Waals surface area contributed by atoms with Crippen molar-refractivity contribution in [1.29, 1.82) is 0 Å². The highest BCUT2D eigenvalue weighted by Crippen LogP contribution is 2.45. The van der Waals surface area contributed by atoms with Crippen LogP contribution in [-0.2, 0) is 17.8 Å². The number of aromatic nitrogens is 2. The number of rotatable bonds is 7. The lowest BCUT2D eigenvalue weighted by Gasteiger charge is -2.13. The predicted molar refractivity (Wildman–Crippen MR) is 138 cm³/mol. The number of thiazole rings is 1. The monoisotopic (exact) mass is 477 g/mol. The van der Waals surface area contributed by atoms with Gasteiger partial charge in [-0.25, -0.2) is 4.98 Å². The largest absolute Gasteiger partial charge is 0.317 e. The molecule has 6 nitrogen and oxygen atoms in total. The molecule has 0 atom stereocenters. The van der Waals surface area contributed by atoms with Crippen molar-refractivity contribution in [3.63, 3.8) is 0 Å². The van der Waals surface area contributed by atoms with E-state index in [4.69, 9.17) is 4.98 Å². The van der Waals surface area contributed by atoms with E-state index >= 15 is 0 Å². The predicted octanol–water partition coefficient (Wildman–Crippen LogP) is 5.06. The number of pyridine rings is 1. The third kappa shape index (κ3) is 4.84. The molecule has 0 saturated carbocycles. The minimum Gasteiger partial charge on any atom is -0.317 e. The summed E-state index contributed by atoms with van der Waals surface area (Å²) in [5.41, 5.74) is 5.58. The van der Waals surface area contributed by atoms with E-state index in [2.05, 4.69) is 59.0 Å². The van der Waals surface area contributed by atoms with Crippen molar-refractivity contribution < 1.29 is 4.79 Å². The number of amides is 1. The third-order valence-corrected chi connectivity index (χ3v) is 7.88. The van der Waals surface area contributed by atoms with Crippen molar-refractivity contribution in [3.8, 4) is 21.7 Å². The van der Waals surface area contributed by atoms with E-state index in [0.717, 1.165) is 56.4 Å². The van der Waals surface area contributed by atoms with Crippen LogP contribution in [0.15, 0.2) is 42.7 Å². The lowest BCUT2D eigenvalue weighted by molar-refractivity contribution is -0.116. The number of carbonyl (C=O) groups excluding carboxylic acids is 1. The van der Waals surface area contributed by atoms with Gasteiger partial charge in [0.05, 0.1) is 10.2 Å². The van der Waals surface area contributed by atoms with Crippen LogP contribution >= 0.6 is 22.7 Å². The Morgan fingerprint density at radius 2 is 2.12 bits per heavy atom. The Morgan fingerprint density at radius 3 is 2.94 bits per heavy atom. The van der Waals surface area contributed by atoms with Gasteiger partial charge >= 0.3 is 0 Å². The van der Waals surface area contributed by atoms with Crippen LogP contribution < -0.4 is 16.0 Å². The van der Waals surface area contributed by atoms with Crippen LogP contribution in [0.25, 0.3) is 31.9 Å². The Balaban J connectivity index is 1.48. The van der Waals surface area contributed by atoms with E-state index in [9.17, 15) is 4.79 Å². The maximum Gasteiger partial charge on any atom is 0.226 e. The summed E-state index contributed by atoms with van der Waals surface area (Å²) in [6.45, 7) is 6.63. The SMILES string of the molecule is CC(C)NCCC(=O)Nc1sc2c(c1-c1nc3cc(-c4cccnc4)ccc3s1)CCNC2. The fourth-order valence-corrected chi connectivity index (χ4v) is 6.38. The Hall–Kier alpha value is -2.65. The summed E-state index contributed by atoms with van der Waals surface area (Å²) in [4.78, 5) is 23.2. The van der Waals surface area contributed by atoms with Crippen LogP contribution in [0.1, 0.15) is 30.7 Å². The van der Waals surface area contributed by atoms with E-state index in [1.807, 2.05) is 12.3 Å². The topological polar surface area (TPSA) is 78.9 Å². The Kier molecular flexibility index (Phi) is 6.50. The molecular formula is C25H27N5OS2. The molecular weight excluding hydrogens is 450 g/mol. The number of fused-ring (bicyclic) bond motifs is 2. The van der Waals surface area contributed by atoms with Gasteiger partial charge in [-0.1, -0.05) is 26.0 Å². The summed E-state index contributed by atoms with van der Waals surface area (Å²) in [7, 11) is 0. The second kappa shape index (κ2) is 9.69. The molecule has 4 heterocycles. The first kappa shape index (κ1) is 22.2. The number of hydrogen-bond acceptors (Lipinski definition) is 7. The molecule has 0 spiro atoms. The molecule has 5 rings (SSSR count). The van der Waals surface area contributed by atoms with E-state index in [0.29, 0.717) is 19.0 Å². The van der Waals surface area contributed by atoms with Crippen LogP contribution in [0.5, 0.6) is 0 Å². The van der Waals surface area contributed by atoms with E-state index in [1.54, 1.807) is 28.9 Å². The van der Waals surface area contributed by atoms with Crippen LogP contribution in [0.2, 0.25) is 0 Å². The molecule has 33 heavy (non-hydrogen) atoms. The maximum absolute atomic E-state index is 12.7. The first-order valence-corrected chi connectivity index (χ1v) is 12.9. The highest BCUT2D eigenvalue weighted by molar-refractivity contribution is 7.23. The fourth-order valence-electron chi connectivity index (χ4n) is 4.06. The molecule has 3 N–H and O–H groups in total. The molecule has 0 fully saturated rings. The van der Waals surface area contributed by atoms with Crippen molar-refractivity contribution in [2.75, 3.05) is 18.4 Å². The van der Waals surface area contributed by atoms with Crippen LogP contribution in [0, 0.1) is 0 Å². The van der Waals surface area contributed by atoms with Crippen LogP contribution in [-0.4, -0.2) is 35.0 Å². The lowest BCUT2D eigenvalue weighted by atomic mass is 10.0. The van der Waals surface area contributed by atoms with Gasteiger partial charge in [0.25, 0.3) is 0 Å². The van der Waals surface area contributed by atoms with E-state index in [1.165, 1.54) is 10.4 Å². The van der Waals surface area contributed by atoms with Crippen LogP contribution in [0.4, 0.5) is 5.00 Å². The molecule has 1 amide bonds. The summed E-state index contributed by atoms with van der Waals surface area (Å²) in [5.74, 6) is 0.0379. The Bertz CT molecular complexity index is 1280. The molecule has 170 valence electrons. The van der Waals surface area contributed by atoms with E-state index in [-0.39, 0.29) is 5.91 Å². The number of nitrogens with zero attached hydrogens (tertiary/aromatic N) is 2. The minimum absolute atomic E-state index is 0.0379. The number of benzene rings is 1. The minimum atomic E-state index is 0.0379. The van der Waals surface area contributed by atoms with Gasteiger partial charge in [0, 0.05) is 53.9 Å². The summed E-state index contributed by atoms with van der Waals surface area (Å²) in [5, 5.41) is 11.8. The van der Waals surface area contributed by atoms with Gasteiger partial charge in [-0.3, -0.25) is 9.78 Å². The lowest BCUT2D eigenvalue weighted by Crippen LogP contribution is -2.27. The van der Waals surface area contributed by atoms with Crippen molar-refractivity contribution in [1.82, 2.24) is 20.6 Å². The summed E-state index contributed by atoms with van der Waals surface area (Å²) in [6, 6.07) is 10.8. The van der Waals surface area contributed by atoms with Gasteiger partial charge in [-0.2, -0.15) is 0 Å². The number of thiophene rings is 1. The molecule has 1 aliphatic heterocycles. The summed E-state index contributed by atoms with van der Waals surface area (Å²) < 4.78 is 1.14. The van der Waals surface area contributed by atoms with Gasteiger partial charge in [-0.15, -0.1) is 22.7 Å². The standard InChI is InChI=1S/C25H27N5OS2/c1-15(2)28-11-8-22(31)30-25-23(18-7-10-27-14-21(18)33-25)24-29-19-12-16(5-6-20(19)32-24)17-4-3-9-26-13-17/h3-6,9,12-13,15,27-28H,7-8,10-11,14H2,1-2H3,(H,30,31). The molecule has 1 aromatic carbocycles. The molecule has 3 aromatic heterocycles. The summed E-state index contributed by atoms with van der Waals surface area (Å²) in [6.07, 6.45) is 5.06. The molecule has 0 radical (unpaired) electrons. The fraction of sp³-hybridized carbons (Fsp3) is 0.320. The van der Waals surface area contributed by atoms with Gasteiger partial charge in [0.15, 0.2) is 0 Å². The quantitative estimate of drug-likeness (QED) is 0.347. The number of carbonyl (C=O) groups is 1. The third-order valence-electron chi connectivity index (χ3n) is 5.68. The molecule has 1 aliphatic rings. The average molecular weight is 478 g/mol. The van der Waals surface area contributed by atoms with Gasteiger partial charge in [0.1, 0.15) is 10.0 Å². The highest BCUT2D eigenvalue weighted by atomic mass is 32.1. The number of hydrogen-bond donors (Lipinski definition) is 3. The normalized spacial score (nSPS) is 13.4. The molecule has 8 heteroatoms. The van der Waals surface area contributed by atoms with Crippen molar-refractivity contribution in [2.45, 2.75) is 39.3 Å². The Labute approximate surface area is 201 Å². The van der Waals surface area contributed by atoms with Crippen LogP contribution in [0.3, 0.4) is 0 Å². The van der Waals surface area contributed by atoms with Gasteiger partial charge < -0.3 is 16.0 Å². The first-order chi connectivity index (χ1) is 16.1. The zero-order valence-corrected chi connectivity index (χ0v) is 20.4. The van der Waals surface area contributed by atoms with Gasteiger partial charge in [-0.05, 0) is 42.3 Å². The molecule has 4 aromatic rings. The summed E-state index contributed by atoms with van der Waals surface area (Å²) >= 11 is 3.37. The smallest absolute Gasteiger partial charge is 0.226 e. The number of nitrogens with one attached hydrogen (secondary N) is 3. The molecule has 0 bridgehead atoms. The maximum atomic E-state index is 12.7. The van der Waals surface area contributed by atoms with Gasteiger partial charge in [0.2, 0.25) is 5.91 Å². The molecule has 0 unspecified atom stereocenters. The average Bonchev–Trinajstić information content (AvgIpc) is 3.39. The molecule has 0 saturated heterocycles. The second-order valence-corrected chi connectivity index (χ2v) is 10.6. The zero-order chi connectivity index (χ0) is 22.8. The first-order valence-electron chi connectivity index (χ1n) is 11.3. The highest BCUT2D eigenvalue weighted by Gasteiger charge is 2.25. The van der Waals surface area contributed by atoms with Crippen molar-refractivity contribution >= 4 is 43.8 Å². The zero-order valence-electron chi connectivity index (χ0n) is 18.8.